The average molecular weight is 312 g/mol. The van der Waals surface area contributed by atoms with Gasteiger partial charge in [-0.3, -0.25) is 4.79 Å². The van der Waals surface area contributed by atoms with E-state index in [4.69, 9.17) is 14.2 Å². The lowest BCUT2D eigenvalue weighted by Crippen LogP contribution is -2.04. The second-order valence-electron chi connectivity index (χ2n) is 5.72. The number of carbonyl (C=O) groups excluding carboxylic acids is 1. The summed E-state index contributed by atoms with van der Waals surface area (Å²) in [6.45, 7) is 1.01. The molecule has 0 radical (unpaired) electrons. The van der Waals surface area contributed by atoms with Gasteiger partial charge in [-0.1, -0.05) is 36.4 Å². The summed E-state index contributed by atoms with van der Waals surface area (Å²) in [6, 6.07) is 15.9. The van der Waals surface area contributed by atoms with E-state index in [1.54, 1.807) is 7.11 Å². The van der Waals surface area contributed by atoms with Crippen molar-refractivity contribution in [3.8, 4) is 11.5 Å². The van der Waals surface area contributed by atoms with E-state index in [9.17, 15) is 4.79 Å². The minimum absolute atomic E-state index is 0.107. The lowest BCUT2D eigenvalue weighted by Gasteiger charge is -2.13. The summed E-state index contributed by atoms with van der Waals surface area (Å²) in [7, 11) is 1.64. The molecule has 0 aliphatic carbocycles. The van der Waals surface area contributed by atoms with Gasteiger partial charge in [-0.25, -0.2) is 0 Å². The molecule has 1 aliphatic heterocycles. The highest BCUT2D eigenvalue weighted by atomic mass is 16.5. The maximum absolute atomic E-state index is 11.2. The van der Waals surface area contributed by atoms with Crippen LogP contribution in [0.3, 0.4) is 0 Å². The molecule has 2 aromatic carbocycles. The van der Waals surface area contributed by atoms with Crippen LogP contribution in [-0.2, 0) is 22.6 Å². The van der Waals surface area contributed by atoms with Crippen LogP contribution in [0.5, 0.6) is 11.5 Å². The van der Waals surface area contributed by atoms with E-state index in [2.05, 4.69) is 0 Å². The van der Waals surface area contributed by atoms with E-state index in [0.29, 0.717) is 25.4 Å². The van der Waals surface area contributed by atoms with Gasteiger partial charge in [-0.2, -0.15) is 0 Å². The molecular formula is C19H20O4. The van der Waals surface area contributed by atoms with E-state index < -0.39 is 0 Å². The van der Waals surface area contributed by atoms with Crippen molar-refractivity contribution in [2.45, 2.75) is 19.4 Å². The quantitative estimate of drug-likeness (QED) is 0.767. The SMILES string of the molecule is COc1cc(CC2COC(=O)C2)ccc1OCc1ccccc1. The van der Waals surface area contributed by atoms with E-state index in [-0.39, 0.29) is 11.9 Å². The molecule has 1 saturated heterocycles. The maximum atomic E-state index is 11.2. The number of ether oxygens (including phenoxy) is 3. The van der Waals surface area contributed by atoms with Crippen molar-refractivity contribution < 1.29 is 19.0 Å². The van der Waals surface area contributed by atoms with Crippen molar-refractivity contribution >= 4 is 5.97 Å². The largest absolute Gasteiger partial charge is 0.493 e. The van der Waals surface area contributed by atoms with Gasteiger partial charge in [0, 0.05) is 5.92 Å². The Kier molecular flexibility index (Phi) is 4.81. The van der Waals surface area contributed by atoms with Crippen LogP contribution in [0.2, 0.25) is 0 Å². The summed E-state index contributed by atoms with van der Waals surface area (Å²) in [5.41, 5.74) is 2.23. The van der Waals surface area contributed by atoms with Crippen molar-refractivity contribution in [1.29, 1.82) is 0 Å². The normalized spacial score (nSPS) is 16.9. The van der Waals surface area contributed by atoms with Crippen molar-refractivity contribution in [3.05, 3.63) is 59.7 Å². The zero-order valence-corrected chi connectivity index (χ0v) is 13.2. The van der Waals surface area contributed by atoms with Gasteiger partial charge in [0.15, 0.2) is 11.5 Å². The van der Waals surface area contributed by atoms with Gasteiger partial charge in [0.2, 0.25) is 0 Å². The Morgan fingerprint density at radius 3 is 2.61 bits per heavy atom. The molecular weight excluding hydrogens is 292 g/mol. The molecule has 0 amide bonds. The van der Waals surface area contributed by atoms with E-state index in [0.717, 1.165) is 23.3 Å². The van der Waals surface area contributed by atoms with Crippen molar-refractivity contribution in [3.63, 3.8) is 0 Å². The topological polar surface area (TPSA) is 44.8 Å². The number of cyclic esters (lactones) is 1. The van der Waals surface area contributed by atoms with Gasteiger partial charge >= 0.3 is 5.97 Å². The number of hydrogen-bond acceptors (Lipinski definition) is 4. The summed E-state index contributed by atoms with van der Waals surface area (Å²) in [5.74, 6) is 1.58. The molecule has 0 bridgehead atoms. The fourth-order valence-electron chi connectivity index (χ4n) is 2.72. The molecule has 23 heavy (non-hydrogen) atoms. The molecule has 2 aromatic rings. The van der Waals surface area contributed by atoms with Crippen LogP contribution >= 0.6 is 0 Å². The first kappa shape index (κ1) is 15.4. The summed E-state index contributed by atoms with van der Waals surface area (Å²) in [5, 5.41) is 0. The van der Waals surface area contributed by atoms with Gasteiger partial charge in [-0.15, -0.1) is 0 Å². The van der Waals surface area contributed by atoms with Crippen LogP contribution in [0, 0.1) is 5.92 Å². The highest BCUT2D eigenvalue weighted by molar-refractivity contribution is 5.71. The summed E-state index contributed by atoms with van der Waals surface area (Å²) < 4.78 is 16.3. The average Bonchev–Trinajstić information content (AvgIpc) is 2.99. The fourth-order valence-corrected chi connectivity index (χ4v) is 2.72. The minimum atomic E-state index is -0.107. The molecule has 4 nitrogen and oxygen atoms in total. The number of carbonyl (C=O) groups is 1. The lowest BCUT2D eigenvalue weighted by atomic mass is 9.98. The third-order valence-electron chi connectivity index (χ3n) is 3.92. The number of methoxy groups -OCH3 is 1. The van der Waals surface area contributed by atoms with Crippen LogP contribution < -0.4 is 9.47 Å². The number of benzene rings is 2. The lowest BCUT2D eigenvalue weighted by molar-refractivity contribution is -0.137. The predicted molar refractivity (Wildman–Crippen MR) is 86.5 cm³/mol. The second kappa shape index (κ2) is 7.18. The van der Waals surface area contributed by atoms with Crippen LogP contribution in [0.15, 0.2) is 48.5 Å². The molecule has 4 heteroatoms. The van der Waals surface area contributed by atoms with Gasteiger partial charge in [-0.05, 0) is 29.7 Å². The molecule has 1 heterocycles. The summed E-state index contributed by atoms with van der Waals surface area (Å²) in [6.07, 6.45) is 1.30. The fraction of sp³-hybridized carbons (Fsp3) is 0.316. The highest BCUT2D eigenvalue weighted by Gasteiger charge is 2.24. The molecule has 3 rings (SSSR count). The van der Waals surface area contributed by atoms with E-state index in [1.807, 2.05) is 48.5 Å². The Morgan fingerprint density at radius 1 is 1.09 bits per heavy atom. The molecule has 0 saturated carbocycles. The monoisotopic (exact) mass is 312 g/mol. The first-order valence-corrected chi connectivity index (χ1v) is 7.74. The van der Waals surface area contributed by atoms with Crippen molar-refractivity contribution in [2.75, 3.05) is 13.7 Å². The van der Waals surface area contributed by atoms with Crippen LogP contribution in [-0.4, -0.2) is 19.7 Å². The number of rotatable bonds is 6. The van der Waals surface area contributed by atoms with Crippen molar-refractivity contribution in [1.82, 2.24) is 0 Å². The molecule has 1 unspecified atom stereocenters. The molecule has 1 fully saturated rings. The summed E-state index contributed by atoms with van der Waals surface area (Å²) >= 11 is 0. The van der Waals surface area contributed by atoms with Gasteiger partial charge < -0.3 is 14.2 Å². The van der Waals surface area contributed by atoms with Crippen LogP contribution in [0.1, 0.15) is 17.5 Å². The maximum Gasteiger partial charge on any atom is 0.306 e. The predicted octanol–water partition coefficient (Wildman–Crippen LogP) is 3.38. The molecule has 0 spiro atoms. The Labute approximate surface area is 136 Å². The molecule has 1 aliphatic rings. The van der Waals surface area contributed by atoms with Crippen molar-refractivity contribution in [2.24, 2.45) is 5.92 Å². The van der Waals surface area contributed by atoms with Gasteiger partial charge in [0.25, 0.3) is 0 Å². The standard InChI is InChI=1S/C19H20O4/c1-21-18-10-15(9-16-11-19(20)23-13-16)7-8-17(18)22-12-14-5-3-2-4-6-14/h2-8,10,16H,9,11-13H2,1H3. The zero-order chi connectivity index (χ0) is 16.1. The number of esters is 1. The van der Waals surface area contributed by atoms with Crippen LogP contribution in [0.4, 0.5) is 0 Å². The Bertz CT molecular complexity index is 666. The molecule has 120 valence electrons. The minimum Gasteiger partial charge on any atom is -0.493 e. The highest BCUT2D eigenvalue weighted by Crippen LogP contribution is 2.30. The first-order chi connectivity index (χ1) is 11.2. The second-order valence-corrected chi connectivity index (χ2v) is 5.72. The molecule has 0 N–H and O–H groups in total. The third kappa shape index (κ3) is 4.03. The smallest absolute Gasteiger partial charge is 0.306 e. The first-order valence-electron chi connectivity index (χ1n) is 7.74. The van der Waals surface area contributed by atoms with Gasteiger partial charge in [0.05, 0.1) is 20.1 Å². The molecule has 0 aromatic heterocycles. The summed E-state index contributed by atoms with van der Waals surface area (Å²) in [4.78, 5) is 11.2. The third-order valence-corrected chi connectivity index (χ3v) is 3.92. The Hall–Kier alpha value is -2.49. The molecule has 1 atom stereocenters. The van der Waals surface area contributed by atoms with Crippen LogP contribution in [0.25, 0.3) is 0 Å². The number of hydrogen-bond donors (Lipinski definition) is 0. The Morgan fingerprint density at radius 2 is 1.91 bits per heavy atom. The zero-order valence-electron chi connectivity index (χ0n) is 13.2. The van der Waals surface area contributed by atoms with E-state index in [1.165, 1.54) is 0 Å². The Balaban J connectivity index is 1.65. The van der Waals surface area contributed by atoms with E-state index >= 15 is 0 Å². The van der Waals surface area contributed by atoms with Gasteiger partial charge in [0.1, 0.15) is 6.61 Å².